The van der Waals surface area contributed by atoms with Crippen molar-refractivity contribution >= 4 is 44.6 Å². The van der Waals surface area contributed by atoms with E-state index in [1.54, 1.807) is 35.6 Å². The van der Waals surface area contributed by atoms with Crippen LogP contribution in [-0.4, -0.2) is 30.2 Å². The fourth-order valence-electron chi connectivity index (χ4n) is 2.02. The number of nitrogens with zero attached hydrogens (tertiary/aromatic N) is 1. The predicted molar refractivity (Wildman–Crippen MR) is 93.4 cm³/mol. The van der Waals surface area contributed by atoms with Gasteiger partial charge in [-0.3, -0.25) is 14.5 Å². The Balaban J connectivity index is 1.89. The number of rotatable bonds is 6. The number of hydrogen-bond acceptors (Lipinski definition) is 4. The van der Waals surface area contributed by atoms with Gasteiger partial charge >= 0.3 is 0 Å². The predicted octanol–water partition coefficient (Wildman–Crippen LogP) is 3.78. The number of ketones is 1. The molecule has 0 spiro atoms. The molecular weight excluding hydrogens is 364 g/mol. The molecule has 1 heterocycles. The van der Waals surface area contributed by atoms with Crippen molar-refractivity contribution in [3.05, 3.63) is 50.6 Å². The van der Waals surface area contributed by atoms with Crippen molar-refractivity contribution in [2.24, 2.45) is 0 Å². The van der Waals surface area contributed by atoms with E-state index < -0.39 is 0 Å². The SMILES string of the molecule is CC(=O)c1cccc(NC(=O)CN(C)Cc2ccc(Br)s2)c1. The van der Waals surface area contributed by atoms with Crippen LogP contribution in [0.1, 0.15) is 22.2 Å². The highest BCUT2D eigenvalue weighted by Crippen LogP contribution is 2.22. The van der Waals surface area contributed by atoms with Gasteiger partial charge in [-0.05, 0) is 54.2 Å². The van der Waals surface area contributed by atoms with Crippen LogP contribution in [0.3, 0.4) is 0 Å². The van der Waals surface area contributed by atoms with Gasteiger partial charge in [0.15, 0.2) is 5.78 Å². The van der Waals surface area contributed by atoms with E-state index in [1.807, 2.05) is 24.1 Å². The van der Waals surface area contributed by atoms with Crippen LogP contribution in [0.15, 0.2) is 40.2 Å². The van der Waals surface area contributed by atoms with Crippen LogP contribution in [-0.2, 0) is 11.3 Å². The standard InChI is InChI=1S/C16H17BrN2O2S/c1-11(20)12-4-3-5-13(8-12)18-16(21)10-19(2)9-14-6-7-15(17)22-14/h3-8H,9-10H2,1-2H3,(H,18,21). The minimum absolute atomic E-state index is 0.0171. The van der Waals surface area contributed by atoms with Crippen molar-refractivity contribution in [2.75, 3.05) is 18.9 Å². The Labute approximate surface area is 142 Å². The first-order valence-electron chi connectivity index (χ1n) is 6.77. The number of thiophene rings is 1. The number of nitrogens with one attached hydrogen (secondary N) is 1. The first-order valence-corrected chi connectivity index (χ1v) is 8.38. The number of hydrogen-bond donors (Lipinski definition) is 1. The largest absolute Gasteiger partial charge is 0.325 e. The highest BCUT2D eigenvalue weighted by atomic mass is 79.9. The maximum Gasteiger partial charge on any atom is 0.238 e. The van der Waals surface area contributed by atoms with E-state index >= 15 is 0 Å². The zero-order valence-electron chi connectivity index (χ0n) is 12.4. The molecule has 1 amide bonds. The highest BCUT2D eigenvalue weighted by molar-refractivity contribution is 9.11. The first-order chi connectivity index (χ1) is 10.4. The van der Waals surface area contributed by atoms with Crippen LogP contribution < -0.4 is 5.32 Å². The minimum atomic E-state index is -0.0983. The Bertz CT molecular complexity index is 684. The third-order valence-electron chi connectivity index (χ3n) is 3.02. The lowest BCUT2D eigenvalue weighted by atomic mass is 10.1. The summed E-state index contributed by atoms with van der Waals surface area (Å²) in [6.07, 6.45) is 0. The molecule has 0 aliphatic rings. The maximum absolute atomic E-state index is 12.1. The van der Waals surface area contributed by atoms with Gasteiger partial charge in [0, 0.05) is 22.7 Å². The molecule has 1 aromatic carbocycles. The molecule has 0 atom stereocenters. The molecule has 2 rings (SSSR count). The van der Waals surface area contributed by atoms with Crippen molar-refractivity contribution in [2.45, 2.75) is 13.5 Å². The molecule has 0 bridgehead atoms. The molecule has 22 heavy (non-hydrogen) atoms. The van der Waals surface area contributed by atoms with Gasteiger partial charge in [0.25, 0.3) is 0 Å². The van der Waals surface area contributed by atoms with Crippen molar-refractivity contribution in [1.82, 2.24) is 4.90 Å². The lowest BCUT2D eigenvalue weighted by molar-refractivity contribution is -0.117. The number of likely N-dealkylation sites (N-methyl/N-ethyl adjacent to an activating group) is 1. The number of Topliss-reactive ketones (excluding diaryl/α,β-unsaturated/α-hetero) is 1. The number of amides is 1. The van der Waals surface area contributed by atoms with Gasteiger partial charge in [-0.2, -0.15) is 0 Å². The van der Waals surface area contributed by atoms with Gasteiger partial charge in [0.2, 0.25) is 5.91 Å². The smallest absolute Gasteiger partial charge is 0.238 e. The number of benzene rings is 1. The summed E-state index contributed by atoms with van der Waals surface area (Å²) < 4.78 is 1.08. The molecule has 6 heteroatoms. The summed E-state index contributed by atoms with van der Waals surface area (Å²) in [7, 11) is 1.90. The number of anilines is 1. The second-order valence-electron chi connectivity index (χ2n) is 5.06. The molecule has 0 aliphatic heterocycles. The summed E-state index contributed by atoms with van der Waals surface area (Å²) in [6, 6.07) is 11.0. The fourth-order valence-corrected chi connectivity index (χ4v) is 3.58. The third-order valence-corrected chi connectivity index (χ3v) is 4.63. The van der Waals surface area contributed by atoms with Gasteiger partial charge in [0.05, 0.1) is 10.3 Å². The van der Waals surface area contributed by atoms with Gasteiger partial charge in [-0.25, -0.2) is 0 Å². The maximum atomic E-state index is 12.1. The van der Waals surface area contributed by atoms with Crippen LogP contribution in [0.25, 0.3) is 0 Å². The molecule has 0 saturated heterocycles. The molecule has 2 aromatic rings. The average molecular weight is 381 g/mol. The van der Waals surface area contributed by atoms with Crippen LogP contribution in [0, 0.1) is 0 Å². The summed E-state index contributed by atoms with van der Waals surface area (Å²) in [6.45, 7) is 2.52. The van der Waals surface area contributed by atoms with Crippen molar-refractivity contribution in [3.8, 4) is 0 Å². The highest BCUT2D eigenvalue weighted by Gasteiger charge is 2.09. The Morgan fingerprint density at radius 2 is 2.05 bits per heavy atom. The molecule has 1 N–H and O–H groups in total. The second-order valence-corrected chi connectivity index (χ2v) is 7.61. The normalized spacial score (nSPS) is 10.7. The summed E-state index contributed by atoms with van der Waals surface area (Å²) >= 11 is 5.09. The zero-order valence-corrected chi connectivity index (χ0v) is 14.8. The lowest BCUT2D eigenvalue weighted by Crippen LogP contribution is -2.29. The minimum Gasteiger partial charge on any atom is -0.325 e. The zero-order chi connectivity index (χ0) is 16.1. The molecule has 4 nitrogen and oxygen atoms in total. The van der Waals surface area contributed by atoms with Gasteiger partial charge in [-0.1, -0.05) is 12.1 Å². The van der Waals surface area contributed by atoms with Crippen LogP contribution >= 0.6 is 27.3 Å². The lowest BCUT2D eigenvalue weighted by Gasteiger charge is -2.15. The van der Waals surface area contributed by atoms with Gasteiger partial charge in [0.1, 0.15) is 0 Å². The van der Waals surface area contributed by atoms with Gasteiger partial charge < -0.3 is 5.32 Å². The molecule has 0 saturated carbocycles. The summed E-state index contributed by atoms with van der Waals surface area (Å²) in [4.78, 5) is 26.5. The Hall–Kier alpha value is -1.50. The Morgan fingerprint density at radius 1 is 1.27 bits per heavy atom. The molecular formula is C16H17BrN2O2S. The summed E-state index contributed by atoms with van der Waals surface area (Å²) in [5, 5.41) is 2.82. The van der Waals surface area contributed by atoms with E-state index in [0.717, 1.165) is 10.3 Å². The first kappa shape index (κ1) is 16.9. The van der Waals surface area contributed by atoms with E-state index in [9.17, 15) is 9.59 Å². The Kier molecular flexibility index (Phi) is 5.88. The molecule has 0 aliphatic carbocycles. The Morgan fingerprint density at radius 3 is 2.68 bits per heavy atom. The fraction of sp³-hybridized carbons (Fsp3) is 0.250. The third kappa shape index (κ3) is 5.05. The summed E-state index contributed by atoms with van der Waals surface area (Å²) in [5.74, 6) is -0.115. The van der Waals surface area contributed by atoms with E-state index in [1.165, 1.54) is 11.8 Å². The number of halogens is 1. The average Bonchev–Trinajstić information content (AvgIpc) is 2.83. The topological polar surface area (TPSA) is 49.4 Å². The van der Waals surface area contributed by atoms with Crippen LogP contribution in [0.2, 0.25) is 0 Å². The quantitative estimate of drug-likeness (QED) is 0.775. The number of carbonyl (C=O) groups excluding carboxylic acids is 2. The van der Waals surface area contributed by atoms with Crippen molar-refractivity contribution in [1.29, 1.82) is 0 Å². The van der Waals surface area contributed by atoms with Crippen molar-refractivity contribution in [3.63, 3.8) is 0 Å². The number of carbonyl (C=O) groups is 2. The molecule has 0 fully saturated rings. The second kappa shape index (κ2) is 7.67. The van der Waals surface area contributed by atoms with E-state index in [4.69, 9.17) is 0 Å². The monoisotopic (exact) mass is 380 g/mol. The molecule has 1 aromatic heterocycles. The van der Waals surface area contributed by atoms with Crippen molar-refractivity contribution < 1.29 is 9.59 Å². The van der Waals surface area contributed by atoms with Crippen LogP contribution in [0.5, 0.6) is 0 Å². The van der Waals surface area contributed by atoms with E-state index in [-0.39, 0.29) is 11.7 Å². The molecule has 116 valence electrons. The molecule has 0 radical (unpaired) electrons. The summed E-state index contributed by atoms with van der Waals surface area (Å²) in [5.41, 5.74) is 1.24. The van der Waals surface area contributed by atoms with Crippen LogP contribution in [0.4, 0.5) is 5.69 Å². The molecule has 0 unspecified atom stereocenters. The van der Waals surface area contributed by atoms with E-state index in [0.29, 0.717) is 17.8 Å². The van der Waals surface area contributed by atoms with Gasteiger partial charge in [-0.15, -0.1) is 11.3 Å². The van der Waals surface area contributed by atoms with E-state index in [2.05, 4.69) is 21.2 Å².